The number of carbonyl (C=O) groups excluding carboxylic acids is 3. The van der Waals surface area contributed by atoms with Crippen LogP contribution < -0.4 is 0 Å². The molecule has 2 heterocycles. The first kappa shape index (κ1) is 16.3. The zero-order valence-electron chi connectivity index (χ0n) is 12.3. The number of rotatable bonds is 4. The van der Waals surface area contributed by atoms with Crippen LogP contribution in [-0.2, 0) is 28.6 Å². The van der Waals surface area contributed by atoms with Gasteiger partial charge in [0.2, 0.25) is 0 Å². The van der Waals surface area contributed by atoms with E-state index in [1.165, 1.54) is 0 Å². The summed E-state index contributed by atoms with van der Waals surface area (Å²) in [6.45, 7) is 0. The Morgan fingerprint density at radius 3 is 2.39 bits per heavy atom. The summed E-state index contributed by atoms with van der Waals surface area (Å²) in [6, 6.07) is 0. The Morgan fingerprint density at radius 2 is 1.83 bits per heavy atom. The molecule has 0 amide bonds. The molecule has 11 heteroatoms. The molecule has 2 rings (SSSR count). The van der Waals surface area contributed by atoms with Crippen molar-refractivity contribution in [1.29, 1.82) is 0 Å². The highest BCUT2D eigenvalue weighted by molar-refractivity contribution is 6.37. The quantitative estimate of drug-likeness (QED) is 0.390. The number of ether oxygens (including phenoxy) is 3. The van der Waals surface area contributed by atoms with E-state index >= 15 is 0 Å². The van der Waals surface area contributed by atoms with E-state index in [2.05, 4.69) is 19.4 Å². The molecule has 0 radical (unpaired) electrons. The fourth-order valence-electron chi connectivity index (χ4n) is 2.11. The van der Waals surface area contributed by atoms with Crippen LogP contribution in [0.4, 0.5) is 0 Å². The zero-order valence-corrected chi connectivity index (χ0v) is 12.3. The van der Waals surface area contributed by atoms with E-state index < -0.39 is 35.6 Å². The van der Waals surface area contributed by atoms with Gasteiger partial charge in [-0.05, 0) is 0 Å². The molecule has 23 heavy (non-hydrogen) atoms. The van der Waals surface area contributed by atoms with Crippen molar-refractivity contribution in [3.8, 4) is 0 Å². The number of hydrogen-bond acceptors (Lipinski definition) is 10. The average molecular weight is 328 g/mol. The van der Waals surface area contributed by atoms with Gasteiger partial charge in [0.15, 0.2) is 11.8 Å². The van der Waals surface area contributed by atoms with Gasteiger partial charge in [-0.2, -0.15) is 0 Å². The maximum atomic E-state index is 11.8. The summed E-state index contributed by atoms with van der Waals surface area (Å²) in [6.07, 6.45) is -0.521. The molecule has 2 atom stereocenters. The first-order valence-electron chi connectivity index (χ1n) is 6.15. The van der Waals surface area contributed by atoms with Crippen LogP contribution in [-0.4, -0.2) is 61.1 Å². The highest BCUT2D eigenvalue weighted by Crippen LogP contribution is 2.32. The molecule has 0 aliphatic carbocycles. The Hall–Kier alpha value is -3.11. The first-order chi connectivity index (χ1) is 11.0. The van der Waals surface area contributed by atoms with Crippen molar-refractivity contribution in [2.75, 3.05) is 21.3 Å². The summed E-state index contributed by atoms with van der Waals surface area (Å²) in [7, 11) is 3.22. The Bertz CT molecular complexity index is 678. The van der Waals surface area contributed by atoms with Crippen LogP contribution in [0, 0.1) is 5.21 Å². The third-order valence-corrected chi connectivity index (χ3v) is 3.14. The molecular weight excluding hydrogens is 316 g/mol. The zero-order chi connectivity index (χ0) is 17.1. The van der Waals surface area contributed by atoms with Gasteiger partial charge in [0.1, 0.15) is 12.2 Å². The summed E-state index contributed by atoms with van der Waals surface area (Å²) in [5.74, 6) is -4.18. The minimum Gasteiger partial charge on any atom is -0.468 e. The Morgan fingerprint density at radius 1 is 1.17 bits per heavy atom. The average Bonchev–Trinajstić information content (AvgIpc) is 3.16. The number of nitrogens with zero attached hydrogens (tertiary/aromatic N) is 2. The minimum atomic E-state index is -1.52. The molecular formula is C12H12N2O9. The molecule has 0 bridgehead atoms. The molecule has 0 saturated heterocycles. The van der Waals surface area contributed by atoms with Gasteiger partial charge in [0.05, 0.1) is 26.2 Å². The van der Waals surface area contributed by atoms with Gasteiger partial charge in [-0.3, -0.25) is 10.0 Å². The molecule has 0 spiro atoms. The first-order valence-corrected chi connectivity index (χ1v) is 6.15. The van der Waals surface area contributed by atoms with E-state index in [-0.39, 0.29) is 16.2 Å². The van der Waals surface area contributed by atoms with Crippen LogP contribution in [0.15, 0.2) is 10.8 Å². The summed E-state index contributed by atoms with van der Waals surface area (Å²) < 4.78 is 18.3. The van der Waals surface area contributed by atoms with Crippen LogP contribution >= 0.6 is 0 Å². The van der Waals surface area contributed by atoms with E-state index in [4.69, 9.17) is 9.36 Å². The number of carbonyl (C=O) groups is 3. The second-order valence-electron chi connectivity index (χ2n) is 4.27. The molecule has 1 aliphatic rings. The predicted octanol–water partition coefficient (Wildman–Crippen LogP) is -0.844. The van der Waals surface area contributed by atoms with Gasteiger partial charge in [0, 0.05) is 5.56 Å². The van der Waals surface area contributed by atoms with Crippen LogP contribution in [0.25, 0.3) is 0 Å². The maximum Gasteiger partial charge on any atom is 0.405 e. The lowest BCUT2D eigenvalue weighted by Crippen LogP contribution is -2.34. The van der Waals surface area contributed by atoms with Crippen LogP contribution in [0.3, 0.4) is 0 Å². The topological polar surface area (TPSA) is 140 Å². The molecule has 11 nitrogen and oxygen atoms in total. The molecule has 0 saturated carbocycles. The van der Waals surface area contributed by atoms with Gasteiger partial charge < -0.3 is 23.6 Å². The van der Waals surface area contributed by atoms with Crippen LogP contribution in [0.1, 0.15) is 22.0 Å². The Balaban J connectivity index is 2.56. The number of aromatic nitrogens is 1. The third-order valence-electron chi connectivity index (χ3n) is 3.14. The van der Waals surface area contributed by atoms with Crippen molar-refractivity contribution >= 4 is 23.6 Å². The summed E-state index contributed by atoms with van der Waals surface area (Å²) in [5, 5.41) is 15.3. The Kier molecular flexibility index (Phi) is 4.48. The second-order valence-corrected chi connectivity index (χ2v) is 4.27. The Labute approximate surface area is 128 Å². The molecule has 124 valence electrons. The smallest absolute Gasteiger partial charge is 0.405 e. The van der Waals surface area contributed by atoms with Crippen molar-refractivity contribution in [1.82, 2.24) is 5.16 Å². The van der Waals surface area contributed by atoms with Gasteiger partial charge >= 0.3 is 23.6 Å². The van der Waals surface area contributed by atoms with E-state index in [1.807, 2.05) is 0 Å². The molecule has 1 aromatic rings. The van der Waals surface area contributed by atoms with Crippen molar-refractivity contribution in [3.63, 3.8) is 0 Å². The third kappa shape index (κ3) is 2.67. The molecule has 0 fully saturated rings. The molecule has 1 aromatic heterocycles. The molecule has 0 N–H and O–H groups in total. The van der Waals surface area contributed by atoms with Gasteiger partial charge in [-0.25, -0.2) is 9.59 Å². The van der Waals surface area contributed by atoms with Gasteiger partial charge in [0.25, 0.3) is 0 Å². The highest BCUT2D eigenvalue weighted by Gasteiger charge is 2.52. The van der Waals surface area contributed by atoms with E-state index in [0.29, 0.717) is 0 Å². The largest absolute Gasteiger partial charge is 0.468 e. The van der Waals surface area contributed by atoms with Gasteiger partial charge in [-0.1, -0.05) is 5.16 Å². The SMILES string of the molecule is COC(=O)C1=[N+]([O-])OC(C(=O)OC)C1c1conc1C(=O)OC. The monoisotopic (exact) mass is 328 g/mol. The van der Waals surface area contributed by atoms with E-state index in [9.17, 15) is 19.6 Å². The lowest BCUT2D eigenvalue weighted by atomic mass is 9.89. The fraction of sp³-hybridized carbons (Fsp3) is 0.417. The van der Waals surface area contributed by atoms with Crippen molar-refractivity contribution in [2.24, 2.45) is 0 Å². The number of methoxy groups -OCH3 is 3. The lowest BCUT2D eigenvalue weighted by Gasteiger charge is -2.15. The number of hydrogen-bond donors (Lipinski definition) is 0. The predicted molar refractivity (Wildman–Crippen MR) is 68.1 cm³/mol. The van der Waals surface area contributed by atoms with E-state index in [0.717, 1.165) is 27.6 Å². The number of esters is 3. The highest BCUT2D eigenvalue weighted by atomic mass is 16.9. The van der Waals surface area contributed by atoms with Crippen LogP contribution in [0.2, 0.25) is 0 Å². The van der Waals surface area contributed by atoms with E-state index in [1.54, 1.807) is 0 Å². The lowest BCUT2D eigenvalue weighted by molar-refractivity contribution is -0.736. The van der Waals surface area contributed by atoms with Crippen molar-refractivity contribution in [3.05, 3.63) is 22.7 Å². The summed E-state index contributed by atoms with van der Waals surface area (Å²) in [4.78, 5) is 40.0. The summed E-state index contributed by atoms with van der Waals surface area (Å²) >= 11 is 0. The minimum absolute atomic E-state index is 0.0500. The normalized spacial score (nSPS) is 20.0. The van der Waals surface area contributed by atoms with Crippen molar-refractivity contribution < 1.29 is 42.9 Å². The second kappa shape index (κ2) is 6.34. The fourth-order valence-corrected chi connectivity index (χ4v) is 2.11. The van der Waals surface area contributed by atoms with Crippen LogP contribution in [0.5, 0.6) is 0 Å². The molecule has 1 aliphatic heterocycles. The van der Waals surface area contributed by atoms with Crippen molar-refractivity contribution in [2.45, 2.75) is 12.0 Å². The van der Waals surface area contributed by atoms with Gasteiger partial charge in [-0.15, -0.1) is 0 Å². The molecule has 0 aromatic carbocycles. The molecule has 2 unspecified atom stereocenters. The maximum absolute atomic E-state index is 11.8. The summed E-state index contributed by atoms with van der Waals surface area (Å²) in [5.41, 5.74) is -0.922. The standard InChI is InChI=1S/C12H12N2O9/c1-19-10(15)7-5(4-22-13-7)6-8(11(16)20-2)14(18)23-9(6)12(17)21-3/h4,6,9H,1-3H3.